The van der Waals surface area contributed by atoms with Gasteiger partial charge in [0.15, 0.2) is 5.82 Å². The fourth-order valence-electron chi connectivity index (χ4n) is 1.81. The van der Waals surface area contributed by atoms with Gasteiger partial charge in [-0.05, 0) is 13.3 Å². The molecule has 3 atom stereocenters. The number of rotatable bonds is 4. The van der Waals surface area contributed by atoms with Gasteiger partial charge in [0.2, 0.25) is 5.91 Å². The highest BCUT2D eigenvalue weighted by atomic mass is 16.5. The van der Waals surface area contributed by atoms with Crippen LogP contribution in [0.5, 0.6) is 0 Å². The number of hydrogen-bond acceptors (Lipinski definition) is 6. The number of carbonyl (C=O) groups is 1. The fourth-order valence-corrected chi connectivity index (χ4v) is 1.81. The topological polar surface area (TPSA) is 105 Å². The molecule has 0 aliphatic carbocycles. The van der Waals surface area contributed by atoms with Crippen LogP contribution in [-0.2, 0) is 9.53 Å². The number of aromatic amines is 1. The maximum absolute atomic E-state index is 11.9. The van der Waals surface area contributed by atoms with Crippen molar-refractivity contribution in [2.24, 2.45) is 0 Å². The predicted molar refractivity (Wildman–Crippen MR) is 57.9 cm³/mol. The summed E-state index contributed by atoms with van der Waals surface area (Å²) in [6.45, 7) is 2.51. The van der Waals surface area contributed by atoms with Crippen molar-refractivity contribution in [3.05, 3.63) is 5.82 Å². The SMILES string of the molecule is COC1CNC(C(=O)NC(C)c2nn[nH]n2)C1. The maximum atomic E-state index is 11.9. The van der Waals surface area contributed by atoms with Gasteiger partial charge in [-0.3, -0.25) is 4.79 Å². The van der Waals surface area contributed by atoms with Gasteiger partial charge in [-0.15, -0.1) is 10.2 Å². The zero-order valence-corrected chi connectivity index (χ0v) is 9.80. The molecule has 17 heavy (non-hydrogen) atoms. The van der Waals surface area contributed by atoms with Gasteiger partial charge in [0.25, 0.3) is 0 Å². The average molecular weight is 240 g/mol. The minimum Gasteiger partial charge on any atom is -0.380 e. The van der Waals surface area contributed by atoms with Gasteiger partial charge in [0.05, 0.1) is 18.2 Å². The summed E-state index contributed by atoms with van der Waals surface area (Å²) in [7, 11) is 1.65. The molecule has 3 N–H and O–H groups in total. The third-order valence-electron chi connectivity index (χ3n) is 2.85. The standard InChI is InChI=1S/C9H16N6O2/c1-5(8-12-14-15-13-8)11-9(16)7-3-6(17-2)4-10-7/h5-7,10H,3-4H2,1-2H3,(H,11,16)(H,12,13,14,15). The van der Waals surface area contributed by atoms with Crippen LogP contribution in [0.1, 0.15) is 25.2 Å². The number of carbonyl (C=O) groups excluding carboxylic acids is 1. The molecule has 3 unspecified atom stereocenters. The monoisotopic (exact) mass is 240 g/mol. The van der Waals surface area contributed by atoms with Gasteiger partial charge in [0, 0.05) is 13.7 Å². The van der Waals surface area contributed by atoms with Gasteiger partial charge in [-0.25, -0.2) is 0 Å². The molecule has 1 aliphatic heterocycles. The number of methoxy groups -OCH3 is 1. The van der Waals surface area contributed by atoms with Crippen molar-refractivity contribution < 1.29 is 9.53 Å². The van der Waals surface area contributed by atoms with Gasteiger partial charge >= 0.3 is 0 Å². The number of nitrogens with zero attached hydrogens (tertiary/aromatic N) is 3. The first-order valence-electron chi connectivity index (χ1n) is 5.50. The lowest BCUT2D eigenvalue weighted by atomic mass is 10.2. The molecule has 0 bridgehead atoms. The summed E-state index contributed by atoms with van der Waals surface area (Å²) in [5.74, 6) is 0.404. The largest absolute Gasteiger partial charge is 0.380 e. The van der Waals surface area contributed by atoms with Crippen molar-refractivity contribution in [2.45, 2.75) is 31.5 Å². The second kappa shape index (κ2) is 5.19. The smallest absolute Gasteiger partial charge is 0.237 e. The third-order valence-corrected chi connectivity index (χ3v) is 2.85. The number of ether oxygens (including phenoxy) is 1. The second-order valence-corrected chi connectivity index (χ2v) is 4.05. The highest BCUT2D eigenvalue weighted by Crippen LogP contribution is 2.11. The molecule has 1 fully saturated rings. The first kappa shape index (κ1) is 11.9. The quantitative estimate of drug-likeness (QED) is 0.607. The highest BCUT2D eigenvalue weighted by molar-refractivity contribution is 5.82. The predicted octanol–water partition coefficient (Wildman–Crippen LogP) is -1.25. The molecular formula is C9H16N6O2. The Morgan fingerprint density at radius 2 is 2.47 bits per heavy atom. The minimum atomic E-state index is -0.260. The van der Waals surface area contributed by atoms with E-state index in [-0.39, 0.29) is 24.1 Å². The van der Waals surface area contributed by atoms with E-state index in [0.717, 1.165) is 0 Å². The number of H-pyrrole nitrogens is 1. The lowest BCUT2D eigenvalue weighted by Gasteiger charge is -2.14. The Labute approximate surface area is 98.5 Å². The van der Waals surface area contributed by atoms with Crippen molar-refractivity contribution in [2.75, 3.05) is 13.7 Å². The normalized spacial score (nSPS) is 25.8. The Morgan fingerprint density at radius 1 is 1.65 bits per heavy atom. The second-order valence-electron chi connectivity index (χ2n) is 4.05. The molecule has 8 nitrogen and oxygen atoms in total. The number of tetrazole rings is 1. The van der Waals surface area contributed by atoms with E-state index in [1.807, 2.05) is 6.92 Å². The van der Waals surface area contributed by atoms with Crippen LogP contribution in [0.15, 0.2) is 0 Å². The highest BCUT2D eigenvalue weighted by Gasteiger charge is 2.30. The van der Waals surface area contributed by atoms with E-state index < -0.39 is 0 Å². The van der Waals surface area contributed by atoms with Gasteiger partial charge in [-0.1, -0.05) is 5.21 Å². The minimum absolute atomic E-state index is 0.0677. The van der Waals surface area contributed by atoms with Gasteiger partial charge in [0.1, 0.15) is 0 Å². The molecule has 1 aliphatic rings. The number of aromatic nitrogens is 4. The Morgan fingerprint density at radius 3 is 3.06 bits per heavy atom. The van der Waals surface area contributed by atoms with E-state index >= 15 is 0 Å². The lowest BCUT2D eigenvalue weighted by molar-refractivity contribution is -0.123. The maximum Gasteiger partial charge on any atom is 0.237 e. The summed E-state index contributed by atoms with van der Waals surface area (Å²) >= 11 is 0. The molecule has 8 heteroatoms. The molecule has 0 saturated carbocycles. The van der Waals surface area contributed by atoms with E-state index in [4.69, 9.17) is 4.74 Å². The van der Waals surface area contributed by atoms with E-state index in [9.17, 15) is 4.79 Å². The number of hydrogen-bond donors (Lipinski definition) is 3. The van der Waals surface area contributed by atoms with Crippen LogP contribution in [0.25, 0.3) is 0 Å². The van der Waals surface area contributed by atoms with Crippen LogP contribution >= 0.6 is 0 Å². The van der Waals surface area contributed by atoms with E-state index in [1.54, 1.807) is 7.11 Å². The summed E-state index contributed by atoms with van der Waals surface area (Å²) in [6, 6.07) is -0.473. The van der Waals surface area contributed by atoms with Crippen LogP contribution in [-0.4, -0.2) is 52.3 Å². The zero-order valence-electron chi connectivity index (χ0n) is 9.80. The van der Waals surface area contributed by atoms with E-state index in [2.05, 4.69) is 31.3 Å². The van der Waals surface area contributed by atoms with Crippen LogP contribution in [0, 0.1) is 0 Å². The zero-order chi connectivity index (χ0) is 12.3. The molecule has 0 aromatic carbocycles. The molecule has 2 heterocycles. The molecule has 1 saturated heterocycles. The Hall–Kier alpha value is -1.54. The Bertz CT molecular complexity index is 368. The molecule has 0 radical (unpaired) electrons. The summed E-state index contributed by atoms with van der Waals surface area (Å²) in [6.07, 6.45) is 0.785. The van der Waals surface area contributed by atoms with Gasteiger partial charge in [-0.2, -0.15) is 5.21 Å². The molecule has 1 amide bonds. The van der Waals surface area contributed by atoms with Crippen LogP contribution in [0.4, 0.5) is 0 Å². The number of amides is 1. The first-order chi connectivity index (χ1) is 8.20. The molecule has 1 aromatic heterocycles. The Balaban J connectivity index is 1.85. The average Bonchev–Trinajstić information content (AvgIpc) is 3.00. The molecule has 0 spiro atoms. The molecular weight excluding hydrogens is 224 g/mol. The fraction of sp³-hybridized carbons (Fsp3) is 0.778. The summed E-state index contributed by atoms with van der Waals surface area (Å²) in [5, 5.41) is 19.4. The number of nitrogens with one attached hydrogen (secondary N) is 3. The van der Waals surface area contributed by atoms with Crippen molar-refractivity contribution in [3.8, 4) is 0 Å². The van der Waals surface area contributed by atoms with Crippen molar-refractivity contribution >= 4 is 5.91 Å². The lowest BCUT2D eigenvalue weighted by Crippen LogP contribution is -2.41. The molecule has 2 rings (SSSR count). The van der Waals surface area contributed by atoms with Crippen molar-refractivity contribution in [1.82, 2.24) is 31.3 Å². The summed E-state index contributed by atoms with van der Waals surface area (Å²) in [4.78, 5) is 11.9. The van der Waals surface area contributed by atoms with E-state index in [1.165, 1.54) is 0 Å². The molecule has 1 aromatic rings. The first-order valence-corrected chi connectivity index (χ1v) is 5.50. The van der Waals surface area contributed by atoms with Gasteiger partial charge < -0.3 is 15.4 Å². The van der Waals surface area contributed by atoms with Crippen molar-refractivity contribution in [3.63, 3.8) is 0 Å². The van der Waals surface area contributed by atoms with Crippen LogP contribution in [0.2, 0.25) is 0 Å². The van der Waals surface area contributed by atoms with Crippen LogP contribution in [0.3, 0.4) is 0 Å². The molecule has 94 valence electrons. The summed E-state index contributed by atoms with van der Waals surface area (Å²) < 4.78 is 5.19. The Kier molecular flexibility index (Phi) is 3.64. The van der Waals surface area contributed by atoms with E-state index in [0.29, 0.717) is 18.8 Å². The van der Waals surface area contributed by atoms with Crippen molar-refractivity contribution in [1.29, 1.82) is 0 Å². The third kappa shape index (κ3) is 2.77. The summed E-state index contributed by atoms with van der Waals surface area (Å²) in [5.41, 5.74) is 0. The van der Waals surface area contributed by atoms with Crippen LogP contribution < -0.4 is 10.6 Å².